The number of hydrogen-bond donors (Lipinski definition) is 0. The number of nitrogens with zero attached hydrogens (tertiary/aromatic N) is 4. The van der Waals surface area contributed by atoms with Gasteiger partial charge in [0.25, 0.3) is 11.8 Å². The lowest BCUT2D eigenvalue weighted by molar-refractivity contribution is -0.131. The molecule has 2 aromatic carbocycles. The molecule has 9 heteroatoms. The van der Waals surface area contributed by atoms with E-state index in [1.807, 2.05) is 23.1 Å². The molecule has 2 aliphatic rings. The first-order valence-corrected chi connectivity index (χ1v) is 12.7. The second-order valence-corrected chi connectivity index (χ2v) is 10.0. The highest BCUT2D eigenvalue weighted by atomic mass is 35.5. The fraction of sp³-hybridized carbons (Fsp3) is 0.360. The van der Waals surface area contributed by atoms with Crippen LogP contribution in [0, 0.1) is 0 Å². The van der Waals surface area contributed by atoms with Crippen molar-refractivity contribution in [2.24, 2.45) is 0 Å². The predicted octanol–water partition coefficient (Wildman–Crippen LogP) is 4.45. The molecule has 0 saturated carbocycles. The van der Waals surface area contributed by atoms with Gasteiger partial charge in [0.1, 0.15) is 0 Å². The van der Waals surface area contributed by atoms with Gasteiger partial charge in [-0.2, -0.15) is 0 Å². The molecular formula is C25H25ClN4O3S. The number of carbonyl (C=O) groups excluding carboxylic acids is 3. The van der Waals surface area contributed by atoms with E-state index in [4.69, 9.17) is 16.6 Å². The van der Waals surface area contributed by atoms with Crippen molar-refractivity contribution in [1.29, 1.82) is 0 Å². The van der Waals surface area contributed by atoms with E-state index in [2.05, 4.69) is 4.90 Å². The van der Waals surface area contributed by atoms with Crippen molar-refractivity contribution in [3.05, 3.63) is 58.6 Å². The Morgan fingerprint density at radius 3 is 2.35 bits per heavy atom. The second kappa shape index (κ2) is 9.72. The van der Waals surface area contributed by atoms with Crippen LogP contribution in [-0.4, -0.2) is 65.2 Å². The Labute approximate surface area is 206 Å². The SMILES string of the molecule is O=C(CCCCCN1C(=O)c2ccccc2C1=O)N1CCN(c2nc3ccc(Cl)cc3s2)CC1. The lowest BCUT2D eigenvalue weighted by Gasteiger charge is -2.34. The van der Waals surface area contributed by atoms with Gasteiger partial charge >= 0.3 is 0 Å². The van der Waals surface area contributed by atoms with Crippen molar-refractivity contribution in [3.63, 3.8) is 0 Å². The van der Waals surface area contributed by atoms with E-state index in [9.17, 15) is 14.4 Å². The van der Waals surface area contributed by atoms with Crippen LogP contribution in [-0.2, 0) is 4.79 Å². The number of amides is 3. The van der Waals surface area contributed by atoms with Gasteiger partial charge in [-0.25, -0.2) is 4.98 Å². The van der Waals surface area contributed by atoms with E-state index in [0.29, 0.717) is 48.6 Å². The normalized spacial score (nSPS) is 16.0. The summed E-state index contributed by atoms with van der Waals surface area (Å²) in [6.07, 6.45) is 2.74. The number of fused-ring (bicyclic) bond motifs is 2. The van der Waals surface area contributed by atoms with E-state index >= 15 is 0 Å². The Kier molecular flexibility index (Phi) is 6.52. The minimum absolute atomic E-state index is 0.163. The van der Waals surface area contributed by atoms with Gasteiger partial charge in [0.2, 0.25) is 5.91 Å². The van der Waals surface area contributed by atoms with Crippen molar-refractivity contribution in [3.8, 4) is 0 Å². The quantitative estimate of drug-likeness (QED) is 0.357. The number of halogens is 1. The summed E-state index contributed by atoms with van der Waals surface area (Å²) in [7, 11) is 0. The molecule has 2 aliphatic heterocycles. The van der Waals surface area contributed by atoms with Gasteiger partial charge in [-0.3, -0.25) is 19.3 Å². The molecule has 0 N–H and O–H groups in total. The number of carbonyl (C=O) groups is 3. The van der Waals surface area contributed by atoms with Crippen LogP contribution in [0.15, 0.2) is 42.5 Å². The maximum atomic E-state index is 12.7. The van der Waals surface area contributed by atoms with Gasteiger partial charge in [0.15, 0.2) is 5.13 Å². The third kappa shape index (κ3) is 4.52. The number of unbranched alkanes of at least 4 members (excludes halogenated alkanes) is 2. The molecule has 0 spiro atoms. The van der Waals surface area contributed by atoms with Gasteiger partial charge in [0.05, 0.1) is 21.3 Å². The highest BCUT2D eigenvalue weighted by Gasteiger charge is 2.34. The molecule has 1 fully saturated rings. The van der Waals surface area contributed by atoms with Gasteiger partial charge in [0, 0.05) is 44.2 Å². The summed E-state index contributed by atoms with van der Waals surface area (Å²) in [5.74, 6) is -0.270. The Hall–Kier alpha value is -2.97. The van der Waals surface area contributed by atoms with Crippen LogP contribution < -0.4 is 4.90 Å². The summed E-state index contributed by atoms with van der Waals surface area (Å²) in [6, 6.07) is 12.7. The van der Waals surface area contributed by atoms with E-state index < -0.39 is 0 Å². The topological polar surface area (TPSA) is 73.8 Å². The zero-order valence-electron chi connectivity index (χ0n) is 18.7. The van der Waals surface area contributed by atoms with Gasteiger partial charge in [-0.1, -0.05) is 41.5 Å². The number of imide groups is 1. The molecule has 0 unspecified atom stereocenters. The number of piperazine rings is 1. The molecule has 3 amide bonds. The number of benzene rings is 2. The molecule has 1 aromatic heterocycles. The van der Waals surface area contributed by atoms with E-state index in [1.165, 1.54) is 4.90 Å². The first-order chi connectivity index (χ1) is 16.5. The summed E-state index contributed by atoms with van der Waals surface area (Å²) in [4.78, 5) is 47.6. The molecule has 0 aliphatic carbocycles. The van der Waals surface area contributed by atoms with Crippen LogP contribution in [0.1, 0.15) is 46.4 Å². The average Bonchev–Trinajstić information content (AvgIpc) is 3.38. The molecule has 0 bridgehead atoms. The summed E-state index contributed by atoms with van der Waals surface area (Å²) < 4.78 is 1.07. The maximum absolute atomic E-state index is 12.7. The summed E-state index contributed by atoms with van der Waals surface area (Å²) in [5.41, 5.74) is 1.91. The molecule has 3 aromatic rings. The van der Waals surface area contributed by atoms with Crippen molar-refractivity contribution in [1.82, 2.24) is 14.8 Å². The molecule has 1 saturated heterocycles. The molecule has 176 valence electrons. The Bertz CT molecular complexity index is 1220. The van der Waals surface area contributed by atoms with Crippen molar-refractivity contribution in [2.75, 3.05) is 37.6 Å². The lowest BCUT2D eigenvalue weighted by atomic mass is 10.1. The van der Waals surface area contributed by atoms with Crippen LogP contribution >= 0.6 is 22.9 Å². The van der Waals surface area contributed by atoms with Crippen LogP contribution in [0.25, 0.3) is 10.2 Å². The number of aromatic nitrogens is 1. The summed E-state index contributed by atoms with van der Waals surface area (Å²) in [6.45, 7) is 3.29. The first kappa shape index (κ1) is 22.8. The molecule has 34 heavy (non-hydrogen) atoms. The zero-order chi connectivity index (χ0) is 23.7. The first-order valence-electron chi connectivity index (χ1n) is 11.6. The van der Waals surface area contributed by atoms with Crippen molar-refractivity contribution in [2.45, 2.75) is 25.7 Å². The molecular weight excluding hydrogens is 472 g/mol. The third-order valence-corrected chi connectivity index (χ3v) is 7.71. The average molecular weight is 497 g/mol. The fourth-order valence-corrected chi connectivity index (χ4v) is 5.79. The molecule has 7 nitrogen and oxygen atoms in total. The van der Waals surface area contributed by atoms with Gasteiger partial charge < -0.3 is 9.80 Å². The standard InChI is InChI=1S/C25H25ClN4O3S/c26-17-9-10-20-21(16-17)34-25(27-20)29-14-12-28(13-15-29)22(31)8-2-1-5-11-30-23(32)18-6-3-4-7-19(18)24(30)33/h3-4,6-7,9-10,16H,1-2,5,8,11-15H2. The van der Waals surface area contributed by atoms with E-state index in [-0.39, 0.29) is 17.7 Å². The minimum atomic E-state index is -0.217. The van der Waals surface area contributed by atoms with Crippen LogP contribution in [0.2, 0.25) is 5.02 Å². The second-order valence-electron chi connectivity index (χ2n) is 8.59. The number of thiazole rings is 1. The Morgan fingerprint density at radius 2 is 1.65 bits per heavy atom. The Balaban J connectivity index is 1.03. The lowest BCUT2D eigenvalue weighted by Crippen LogP contribution is -2.48. The largest absolute Gasteiger partial charge is 0.345 e. The monoisotopic (exact) mass is 496 g/mol. The number of anilines is 1. The minimum Gasteiger partial charge on any atom is -0.345 e. The van der Waals surface area contributed by atoms with E-state index in [1.54, 1.807) is 35.6 Å². The summed E-state index contributed by atoms with van der Waals surface area (Å²) >= 11 is 7.71. The fourth-order valence-electron chi connectivity index (χ4n) is 4.49. The van der Waals surface area contributed by atoms with Crippen LogP contribution in [0.5, 0.6) is 0 Å². The predicted molar refractivity (Wildman–Crippen MR) is 134 cm³/mol. The van der Waals surface area contributed by atoms with Gasteiger partial charge in [-0.05, 0) is 43.2 Å². The molecule has 0 radical (unpaired) electrons. The van der Waals surface area contributed by atoms with E-state index in [0.717, 1.165) is 41.3 Å². The highest BCUT2D eigenvalue weighted by Crippen LogP contribution is 2.31. The van der Waals surface area contributed by atoms with Crippen molar-refractivity contribution < 1.29 is 14.4 Å². The molecule has 5 rings (SSSR count). The zero-order valence-corrected chi connectivity index (χ0v) is 20.3. The Morgan fingerprint density at radius 1 is 0.941 bits per heavy atom. The molecule has 0 atom stereocenters. The third-order valence-electron chi connectivity index (χ3n) is 6.39. The summed E-state index contributed by atoms with van der Waals surface area (Å²) in [5, 5.41) is 1.68. The number of hydrogen-bond acceptors (Lipinski definition) is 6. The number of rotatable bonds is 7. The smallest absolute Gasteiger partial charge is 0.261 e. The van der Waals surface area contributed by atoms with Gasteiger partial charge in [-0.15, -0.1) is 0 Å². The van der Waals surface area contributed by atoms with Crippen LogP contribution in [0.3, 0.4) is 0 Å². The maximum Gasteiger partial charge on any atom is 0.261 e. The molecule has 3 heterocycles. The van der Waals surface area contributed by atoms with Crippen molar-refractivity contribution >= 4 is 56.0 Å². The van der Waals surface area contributed by atoms with Crippen LogP contribution in [0.4, 0.5) is 5.13 Å². The highest BCUT2D eigenvalue weighted by molar-refractivity contribution is 7.22.